The van der Waals surface area contributed by atoms with Crippen molar-refractivity contribution in [3.05, 3.63) is 69.8 Å². The Balaban J connectivity index is 2.53. The van der Waals surface area contributed by atoms with Gasteiger partial charge in [-0.1, -0.05) is 6.07 Å². The van der Waals surface area contributed by atoms with Crippen molar-refractivity contribution in [1.82, 2.24) is 0 Å². The molecule has 0 N–H and O–H groups in total. The summed E-state index contributed by atoms with van der Waals surface area (Å²) in [5.74, 6) is -1.33. The van der Waals surface area contributed by atoms with Crippen LogP contribution < -0.4 is 0 Å². The van der Waals surface area contributed by atoms with E-state index in [1.54, 1.807) is 26.8 Å². The monoisotopic (exact) mass is 260 g/mol. The van der Waals surface area contributed by atoms with Crippen LogP contribution in [-0.4, -0.2) is 5.78 Å². The van der Waals surface area contributed by atoms with Crippen LogP contribution in [0.25, 0.3) is 0 Å². The zero-order chi connectivity index (χ0) is 14.2. The molecule has 0 spiro atoms. The second kappa shape index (κ2) is 4.92. The van der Waals surface area contributed by atoms with Crippen LogP contribution in [0.15, 0.2) is 30.3 Å². The summed E-state index contributed by atoms with van der Waals surface area (Å²) < 4.78 is 27.1. The number of benzene rings is 2. The Morgan fingerprint density at radius 3 is 2.16 bits per heavy atom. The van der Waals surface area contributed by atoms with Crippen LogP contribution in [0.2, 0.25) is 0 Å². The first-order chi connectivity index (χ1) is 8.90. The molecule has 2 aromatic carbocycles. The van der Waals surface area contributed by atoms with Crippen LogP contribution in [0, 0.1) is 32.4 Å². The zero-order valence-corrected chi connectivity index (χ0v) is 11.1. The van der Waals surface area contributed by atoms with E-state index < -0.39 is 11.6 Å². The SMILES string of the molecule is Cc1cc(C)c(C(=O)c2ccc(F)c(C)c2)c(F)c1. The summed E-state index contributed by atoms with van der Waals surface area (Å²) in [6.45, 7) is 5.04. The van der Waals surface area contributed by atoms with E-state index in [-0.39, 0.29) is 11.4 Å². The molecule has 0 aliphatic heterocycles. The van der Waals surface area contributed by atoms with Crippen molar-refractivity contribution in [3.8, 4) is 0 Å². The van der Waals surface area contributed by atoms with E-state index in [0.717, 1.165) is 5.56 Å². The Hall–Kier alpha value is -2.03. The van der Waals surface area contributed by atoms with Gasteiger partial charge in [0.15, 0.2) is 5.78 Å². The maximum atomic E-state index is 13.9. The molecule has 0 saturated heterocycles. The van der Waals surface area contributed by atoms with Gasteiger partial charge < -0.3 is 0 Å². The first-order valence-electron chi connectivity index (χ1n) is 5.97. The molecule has 0 amide bonds. The van der Waals surface area contributed by atoms with Crippen molar-refractivity contribution in [2.24, 2.45) is 0 Å². The van der Waals surface area contributed by atoms with Crippen molar-refractivity contribution in [2.75, 3.05) is 0 Å². The number of hydrogen-bond acceptors (Lipinski definition) is 1. The first kappa shape index (κ1) is 13.4. The molecule has 1 nitrogen and oxygen atoms in total. The molecule has 19 heavy (non-hydrogen) atoms. The normalized spacial score (nSPS) is 10.6. The van der Waals surface area contributed by atoms with Crippen molar-refractivity contribution in [2.45, 2.75) is 20.8 Å². The van der Waals surface area contributed by atoms with Gasteiger partial charge >= 0.3 is 0 Å². The van der Waals surface area contributed by atoms with Crippen molar-refractivity contribution in [1.29, 1.82) is 0 Å². The average Bonchev–Trinajstić information content (AvgIpc) is 2.31. The summed E-state index contributed by atoms with van der Waals surface area (Å²) in [4.78, 5) is 12.3. The largest absolute Gasteiger partial charge is 0.288 e. The van der Waals surface area contributed by atoms with Crippen LogP contribution in [0.1, 0.15) is 32.6 Å². The molecule has 0 aromatic heterocycles. The van der Waals surface area contributed by atoms with Crippen LogP contribution in [-0.2, 0) is 0 Å². The quantitative estimate of drug-likeness (QED) is 0.742. The molecule has 0 unspecified atom stereocenters. The van der Waals surface area contributed by atoms with Gasteiger partial charge in [0, 0.05) is 5.56 Å². The Bertz CT molecular complexity index is 637. The summed E-state index contributed by atoms with van der Waals surface area (Å²) in [6.07, 6.45) is 0. The molecule has 3 heteroatoms. The van der Waals surface area contributed by atoms with Crippen molar-refractivity contribution >= 4 is 5.78 Å². The topological polar surface area (TPSA) is 17.1 Å². The maximum absolute atomic E-state index is 13.9. The Labute approximate surface area is 110 Å². The summed E-state index contributed by atoms with van der Waals surface area (Å²) in [5.41, 5.74) is 2.07. The molecular weight excluding hydrogens is 246 g/mol. The summed E-state index contributed by atoms with van der Waals surface area (Å²) >= 11 is 0. The molecule has 0 bridgehead atoms. The van der Waals surface area contributed by atoms with E-state index >= 15 is 0 Å². The van der Waals surface area contributed by atoms with E-state index in [4.69, 9.17) is 0 Å². The highest BCUT2D eigenvalue weighted by atomic mass is 19.1. The molecule has 0 aliphatic carbocycles. The summed E-state index contributed by atoms with van der Waals surface area (Å²) in [7, 11) is 0. The molecule has 0 atom stereocenters. The molecule has 0 heterocycles. The van der Waals surface area contributed by atoms with Crippen LogP contribution in [0.5, 0.6) is 0 Å². The maximum Gasteiger partial charge on any atom is 0.196 e. The predicted octanol–water partition coefficient (Wildman–Crippen LogP) is 4.12. The van der Waals surface area contributed by atoms with Crippen LogP contribution in [0.3, 0.4) is 0 Å². The highest BCUT2D eigenvalue weighted by Crippen LogP contribution is 2.20. The van der Waals surface area contributed by atoms with E-state index in [0.29, 0.717) is 16.7 Å². The fraction of sp³-hybridized carbons (Fsp3) is 0.188. The number of aryl methyl sites for hydroxylation is 3. The lowest BCUT2D eigenvalue weighted by atomic mass is 9.96. The molecule has 2 rings (SSSR count). The number of carbonyl (C=O) groups is 1. The summed E-state index contributed by atoms with van der Waals surface area (Å²) in [5, 5.41) is 0. The third-order valence-corrected chi connectivity index (χ3v) is 3.08. The van der Waals surface area contributed by atoms with Gasteiger partial charge in [-0.3, -0.25) is 4.79 Å². The zero-order valence-electron chi connectivity index (χ0n) is 11.1. The van der Waals surface area contributed by atoms with Gasteiger partial charge in [-0.05, 0) is 61.7 Å². The van der Waals surface area contributed by atoms with E-state index in [9.17, 15) is 13.6 Å². The second-order valence-corrected chi connectivity index (χ2v) is 4.73. The molecule has 0 radical (unpaired) electrons. The lowest BCUT2D eigenvalue weighted by molar-refractivity contribution is 0.103. The van der Waals surface area contributed by atoms with Gasteiger partial charge in [0.25, 0.3) is 0 Å². The molecule has 0 aliphatic rings. The fourth-order valence-electron chi connectivity index (χ4n) is 2.13. The predicted molar refractivity (Wildman–Crippen MR) is 70.4 cm³/mol. The third kappa shape index (κ3) is 2.55. The van der Waals surface area contributed by atoms with Gasteiger partial charge in [-0.15, -0.1) is 0 Å². The molecule has 0 saturated carbocycles. The summed E-state index contributed by atoms with van der Waals surface area (Å²) in [6, 6.07) is 7.13. The van der Waals surface area contributed by atoms with Gasteiger partial charge in [0.2, 0.25) is 0 Å². The van der Waals surface area contributed by atoms with Crippen molar-refractivity contribution < 1.29 is 13.6 Å². The van der Waals surface area contributed by atoms with Crippen LogP contribution in [0.4, 0.5) is 8.78 Å². The first-order valence-corrected chi connectivity index (χ1v) is 5.97. The molecular formula is C16H14F2O. The third-order valence-electron chi connectivity index (χ3n) is 3.08. The number of carbonyl (C=O) groups excluding carboxylic acids is 1. The number of halogens is 2. The minimum absolute atomic E-state index is 0.0524. The van der Waals surface area contributed by atoms with Crippen molar-refractivity contribution in [3.63, 3.8) is 0 Å². The molecule has 2 aromatic rings. The number of rotatable bonds is 2. The second-order valence-electron chi connectivity index (χ2n) is 4.73. The van der Waals surface area contributed by atoms with Gasteiger partial charge in [0.1, 0.15) is 11.6 Å². The van der Waals surface area contributed by atoms with Gasteiger partial charge in [0.05, 0.1) is 5.56 Å². The van der Waals surface area contributed by atoms with E-state index in [1.165, 1.54) is 24.3 Å². The minimum atomic E-state index is -0.538. The Kier molecular flexibility index (Phi) is 3.47. The fourth-order valence-corrected chi connectivity index (χ4v) is 2.13. The smallest absolute Gasteiger partial charge is 0.196 e. The number of hydrogen-bond donors (Lipinski definition) is 0. The van der Waals surface area contributed by atoms with Crippen LogP contribution >= 0.6 is 0 Å². The Morgan fingerprint density at radius 1 is 0.895 bits per heavy atom. The highest BCUT2D eigenvalue weighted by Gasteiger charge is 2.17. The lowest BCUT2D eigenvalue weighted by Gasteiger charge is -2.09. The highest BCUT2D eigenvalue weighted by molar-refractivity contribution is 6.10. The molecule has 98 valence electrons. The minimum Gasteiger partial charge on any atom is -0.288 e. The average molecular weight is 260 g/mol. The molecule has 0 fully saturated rings. The lowest BCUT2D eigenvalue weighted by Crippen LogP contribution is -2.08. The van der Waals surface area contributed by atoms with Gasteiger partial charge in [-0.2, -0.15) is 0 Å². The van der Waals surface area contributed by atoms with E-state index in [2.05, 4.69) is 0 Å². The van der Waals surface area contributed by atoms with Gasteiger partial charge in [-0.25, -0.2) is 8.78 Å². The van der Waals surface area contributed by atoms with E-state index in [1.807, 2.05) is 0 Å². The Morgan fingerprint density at radius 2 is 1.58 bits per heavy atom. The number of ketones is 1. The standard InChI is InChI=1S/C16H14F2O/c1-9-6-11(3)15(14(18)7-9)16(19)12-4-5-13(17)10(2)8-12/h4-8H,1-3H3.